The van der Waals surface area contributed by atoms with Crippen LogP contribution in [0.5, 0.6) is 0 Å². The van der Waals surface area contributed by atoms with Crippen LogP contribution < -0.4 is 10.6 Å². The molecule has 2 aliphatic rings. The molecular weight excluding hydrogens is 437 g/mol. The first kappa shape index (κ1) is 23.9. The fraction of sp³-hybridized carbons (Fsp3) is 0.524. The summed E-state index contributed by atoms with van der Waals surface area (Å²) >= 11 is 0. The van der Waals surface area contributed by atoms with Crippen molar-refractivity contribution in [2.45, 2.75) is 56.4 Å². The standard InChI is InChI=1S/C21H28N3O7P/c25-17-10-9-15(22-17)20(27)23-18(11-8-14-5-2-1-3-6-14)32(30,31)13-19(26)24-12-4-7-16(24)21(28)29/h1-3,5-6,15-16,18H,4,7-13H2,(H,22,25)(H,23,27)(H,28,29)(H,30,31)/t15?,16-,18?/m0/s1. The lowest BCUT2D eigenvalue weighted by molar-refractivity contribution is -0.147. The number of rotatable bonds is 9. The van der Waals surface area contributed by atoms with E-state index in [1.165, 1.54) is 0 Å². The van der Waals surface area contributed by atoms with E-state index in [0.29, 0.717) is 25.7 Å². The largest absolute Gasteiger partial charge is 0.480 e. The number of hydrogen-bond acceptors (Lipinski definition) is 5. The van der Waals surface area contributed by atoms with Gasteiger partial charge in [-0.15, -0.1) is 0 Å². The minimum Gasteiger partial charge on any atom is -0.480 e. The van der Waals surface area contributed by atoms with Crippen molar-refractivity contribution in [2.75, 3.05) is 12.7 Å². The Bertz CT molecular complexity index is 923. The highest BCUT2D eigenvalue weighted by Crippen LogP contribution is 2.47. The van der Waals surface area contributed by atoms with E-state index in [1.807, 2.05) is 30.3 Å². The number of carboxylic acids is 1. The lowest BCUT2D eigenvalue weighted by atomic mass is 10.1. The highest BCUT2D eigenvalue weighted by Gasteiger charge is 2.41. The molecule has 0 saturated carbocycles. The van der Waals surface area contributed by atoms with E-state index in [4.69, 9.17) is 0 Å². The molecule has 10 nitrogen and oxygen atoms in total. The predicted molar refractivity (Wildman–Crippen MR) is 115 cm³/mol. The molecule has 3 unspecified atom stereocenters. The van der Waals surface area contributed by atoms with Gasteiger partial charge in [0.25, 0.3) is 0 Å². The molecule has 2 fully saturated rings. The van der Waals surface area contributed by atoms with Crippen molar-refractivity contribution in [3.63, 3.8) is 0 Å². The molecule has 0 aliphatic carbocycles. The number of amides is 3. The van der Waals surface area contributed by atoms with Crippen LogP contribution in [0.3, 0.4) is 0 Å². The van der Waals surface area contributed by atoms with E-state index < -0.39 is 49.2 Å². The van der Waals surface area contributed by atoms with E-state index in [-0.39, 0.29) is 25.3 Å². The number of carbonyl (C=O) groups excluding carboxylic acids is 3. The Hall–Kier alpha value is -2.71. The third-order valence-electron chi connectivity index (χ3n) is 5.88. The van der Waals surface area contributed by atoms with Gasteiger partial charge < -0.3 is 25.5 Å². The Morgan fingerprint density at radius 1 is 1.22 bits per heavy atom. The van der Waals surface area contributed by atoms with Gasteiger partial charge in [-0.1, -0.05) is 30.3 Å². The summed E-state index contributed by atoms with van der Waals surface area (Å²) in [5, 5.41) is 14.4. The molecule has 11 heteroatoms. The number of nitrogens with zero attached hydrogens (tertiary/aromatic N) is 1. The number of likely N-dealkylation sites (tertiary alicyclic amines) is 1. The van der Waals surface area contributed by atoms with Gasteiger partial charge in [-0.3, -0.25) is 18.9 Å². The van der Waals surface area contributed by atoms with Crippen molar-refractivity contribution in [3.8, 4) is 0 Å². The van der Waals surface area contributed by atoms with Crippen molar-refractivity contribution >= 4 is 31.1 Å². The lowest BCUT2D eigenvalue weighted by Gasteiger charge is -2.28. The molecular formula is C21H28N3O7P. The number of aliphatic carboxylic acids is 1. The molecule has 3 rings (SSSR count). The zero-order valence-corrected chi connectivity index (χ0v) is 18.5. The van der Waals surface area contributed by atoms with Crippen LogP contribution in [0, 0.1) is 0 Å². The average Bonchev–Trinajstić information content (AvgIpc) is 3.40. The summed E-state index contributed by atoms with van der Waals surface area (Å²) in [4.78, 5) is 60.1. The zero-order chi connectivity index (χ0) is 23.3. The van der Waals surface area contributed by atoms with Crippen LogP contribution >= 0.6 is 7.37 Å². The van der Waals surface area contributed by atoms with Gasteiger partial charge in [0.1, 0.15) is 24.0 Å². The molecule has 0 radical (unpaired) electrons. The Morgan fingerprint density at radius 3 is 2.56 bits per heavy atom. The summed E-state index contributed by atoms with van der Waals surface area (Å²) in [7, 11) is -4.24. The molecule has 4 N–H and O–H groups in total. The van der Waals surface area contributed by atoms with Crippen molar-refractivity contribution in [1.82, 2.24) is 15.5 Å². The van der Waals surface area contributed by atoms with Gasteiger partial charge in [0.05, 0.1) is 0 Å². The second-order valence-corrected chi connectivity index (χ2v) is 10.7. The van der Waals surface area contributed by atoms with Crippen LogP contribution in [0.25, 0.3) is 0 Å². The highest BCUT2D eigenvalue weighted by atomic mass is 31.2. The molecule has 32 heavy (non-hydrogen) atoms. The number of carboxylic acid groups (broad SMARTS) is 1. The summed E-state index contributed by atoms with van der Waals surface area (Å²) < 4.78 is 13.3. The highest BCUT2D eigenvalue weighted by molar-refractivity contribution is 7.59. The smallest absolute Gasteiger partial charge is 0.326 e. The fourth-order valence-electron chi connectivity index (χ4n) is 4.12. The van der Waals surface area contributed by atoms with Crippen LogP contribution in [0.15, 0.2) is 30.3 Å². The molecule has 1 aromatic rings. The third kappa shape index (κ3) is 5.95. The molecule has 3 amide bonds. The molecule has 2 heterocycles. The first-order chi connectivity index (χ1) is 15.2. The summed E-state index contributed by atoms with van der Waals surface area (Å²) in [6.45, 7) is 0.213. The average molecular weight is 465 g/mol. The molecule has 2 saturated heterocycles. The first-order valence-electron chi connectivity index (χ1n) is 10.6. The summed E-state index contributed by atoms with van der Waals surface area (Å²) in [6.07, 6.45) is 1.04. The Labute approximate surface area is 185 Å². The van der Waals surface area contributed by atoms with E-state index in [9.17, 15) is 33.7 Å². The second kappa shape index (κ2) is 10.3. The van der Waals surface area contributed by atoms with Gasteiger partial charge in [0.2, 0.25) is 25.1 Å². The van der Waals surface area contributed by atoms with Gasteiger partial charge in [0, 0.05) is 13.0 Å². The van der Waals surface area contributed by atoms with E-state index in [0.717, 1.165) is 10.5 Å². The SMILES string of the molecule is O=C1CCC(C(=O)NC(CCc2ccccc2)P(=O)(O)CC(=O)N2CCC[C@H]2C(=O)O)N1. The van der Waals surface area contributed by atoms with Crippen molar-refractivity contribution in [1.29, 1.82) is 0 Å². The zero-order valence-electron chi connectivity index (χ0n) is 17.6. The first-order valence-corrected chi connectivity index (χ1v) is 12.6. The number of benzene rings is 1. The van der Waals surface area contributed by atoms with E-state index in [2.05, 4.69) is 10.6 Å². The minimum absolute atomic E-state index is 0.111. The van der Waals surface area contributed by atoms with Crippen LogP contribution in [0.2, 0.25) is 0 Å². The maximum Gasteiger partial charge on any atom is 0.326 e. The quantitative estimate of drug-likeness (QED) is 0.391. The Morgan fingerprint density at radius 2 is 1.94 bits per heavy atom. The van der Waals surface area contributed by atoms with Gasteiger partial charge in [-0.25, -0.2) is 4.79 Å². The molecule has 2 aliphatic heterocycles. The number of hydrogen-bond donors (Lipinski definition) is 4. The van der Waals surface area contributed by atoms with Gasteiger partial charge in [-0.05, 0) is 37.7 Å². The molecule has 1 aromatic carbocycles. The molecule has 174 valence electrons. The van der Waals surface area contributed by atoms with E-state index in [1.54, 1.807) is 0 Å². The molecule has 4 atom stereocenters. The number of carbonyl (C=O) groups is 4. The fourth-order valence-corrected chi connectivity index (χ4v) is 5.77. The normalized spacial score (nSPS) is 23.3. The van der Waals surface area contributed by atoms with Crippen molar-refractivity contribution in [3.05, 3.63) is 35.9 Å². The van der Waals surface area contributed by atoms with Crippen LogP contribution in [0.4, 0.5) is 0 Å². The second-order valence-electron chi connectivity index (χ2n) is 8.20. The van der Waals surface area contributed by atoms with Gasteiger partial charge in [-0.2, -0.15) is 0 Å². The molecule has 0 bridgehead atoms. The topological polar surface area (TPSA) is 153 Å². The summed E-state index contributed by atoms with van der Waals surface area (Å²) in [5.74, 6) is -3.90. The maximum absolute atomic E-state index is 13.3. The Kier molecular flexibility index (Phi) is 7.69. The van der Waals surface area contributed by atoms with Gasteiger partial charge in [0.15, 0.2) is 0 Å². The van der Waals surface area contributed by atoms with Crippen LogP contribution in [-0.4, -0.2) is 69.2 Å². The summed E-state index contributed by atoms with van der Waals surface area (Å²) in [5.41, 5.74) is 0.901. The van der Waals surface area contributed by atoms with Crippen LogP contribution in [0.1, 0.15) is 37.7 Å². The van der Waals surface area contributed by atoms with Gasteiger partial charge >= 0.3 is 5.97 Å². The van der Waals surface area contributed by atoms with Crippen molar-refractivity contribution in [2.24, 2.45) is 0 Å². The predicted octanol–water partition coefficient (Wildman–Crippen LogP) is 0.686. The van der Waals surface area contributed by atoms with Crippen LogP contribution in [-0.2, 0) is 30.2 Å². The van der Waals surface area contributed by atoms with Crippen molar-refractivity contribution < 1.29 is 33.7 Å². The third-order valence-corrected chi connectivity index (χ3v) is 7.96. The minimum atomic E-state index is -4.24. The monoisotopic (exact) mass is 465 g/mol. The number of nitrogens with one attached hydrogen (secondary N) is 2. The maximum atomic E-state index is 13.3. The number of aryl methyl sites for hydroxylation is 1. The van der Waals surface area contributed by atoms with E-state index >= 15 is 0 Å². The lowest BCUT2D eigenvalue weighted by Crippen LogP contribution is -2.47. The Balaban J connectivity index is 1.72. The molecule has 0 aromatic heterocycles. The molecule has 0 spiro atoms. The summed E-state index contributed by atoms with van der Waals surface area (Å²) in [6, 6.07) is 7.42.